The zero-order valence-corrected chi connectivity index (χ0v) is 24.3. The summed E-state index contributed by atoms with van der Waals surface area (Å²) in [7, 11) is 1.21. The van der Waals surface area contributed by atoms with Crippen LogP contribution in [-0.4, -0.2) is 33.9 Å². The van der Waals surface area contributed by atoms with Gasteiger partial charge in [0.1, 0.15) is 5.82 Å². The van der Waals surface area contributed by atoms with E-state index in [2.05, 4.69) is 5.32 Å². The molecule has 0 aliphatic heterocycles. The third kappa shape index (κ3) is 7.31. The van der Waals surface area contributed by atoms with E-state index >= 15 is 4.39 Å². The molecular weight excluding hydrogens is 601 g/mol. The number of alkyl halides is 3. The second-order valence-corrected chi connectivity index (χ2v) is 10.2. The summed E-state index contributed by atoms with van der Waals surface area (Å²) in [6.07, 6.45) is -5.72. The minimum Gasteiger partial charge on any atom is -0.494 e. The highest BCUT2D eigenvalue weighted by Gasteiger charge is 2.35. The van der Waals surface area contributed by atoms with Gasteiger partial charge in [0, 0.05) is 29.7 Å². The van der Waals surface area contributed by atoms with Gasteiger partial charge in [-0.1, -0.05) is 42.5 Å². The predicted octanol–water partition coefficient (Wildman–Crippen LogP) is 5.40. The van der Waals surface area contributed by atoms with Crippen LogP contribution < -0.4 is 21.3 Å². The van der Waals surface area contributed by atoms with Gasteiger partial charge in [-0.2, -0.15) is 13.2 Å². The highest BCUT2D eigenvalue weighted by Crippen LogP contribution is 2.34. The lowest BCUT2D eigenvalue weighted by atomic mass is 9.98. The predicted molar refractivity (Wildman–Crippen MR) is 156 cm³/mol. The van der Waals surface area contributed by atoms with Crippen molar-refractivity contribution in [3.05, 3.63) is 127 Å². The minimum atomic E-state index is -4.95. The number of hydrogen-bond acceptors (Lipinski definition) is 5. The maximum absolute atomic E-state index is 15.6. The first-order valence-corrected chi connectivity index (χ1v) is 13.9. The number of methoxy groups -OCH3 is 1. The summed E-state index contributed by atoms with van der Waals surface area (Å²) < 4.78 is 78.9. The molecule has 0 fully saturated rings. The largest absolute Gasteiger partial charge is 0.494 e. The molecule has 2 N–H and O–H groups in total. The molecule has 45 heavy (non-hydrogen) atoms. The zero-order valence-electron chi connectivity index (χ0n) is 24.3. The first-order chi connectivity index (χ1) is 21.3. The van der Waals surface area contributed by atoms with Gasteiger partial charge in [0.05, 0.1) is 30.9 Å². The quantitative estimate of drug-likeness (QED) is 0.160. The average Bonchev–Trinajstić information content (AvgIpc) is 2.99. The topological polar surface area (TPSA) is 103 Å². The molecule has 0 saturated carbocycles. The van der Waals surface area contributed by atoms with Gasteiger partial charge in [-0.15, -0.1) is 0 Å². The standard InChI is InChI=1S/C32H30F5N3O5/c1-19-21(17-22-23(32(35,36)37)11-6-12-24(22)33)30(43)39(31(44)40(19)26-13-7-14-27(45-2)29(26)34)18-25(20-9-4-3-5-10-20)38-16-8-15-28(41)42/h3-7,9-14,25,38H,8,15-18H2,1-2H3,(H,41,42)/t25-/m0/s1. The molecule has 1 aromatic heterocycles. The SMILES string of the molecule is COc1cccc(-n2c(C)c(Cc3c(F)cccc3C(F)(F)F)c(=O)n(C[C@H](NCCCC(=O)O)c3ccccc3)c2=O)c1F. The van der Waals surface area contributed by atoms with Crippen molar-refractivity contribution < 1.29 is 36.6 Å². The lowest BCUT2D eigenvalue weighted by Crippen LogP contribution is -2.45. The lowest BCUT2D eigenvalue weighted by molar-refractivity contribution is -0.138. The van der Waals surface area contributed by atoms with Crippen molar-refractivity contribution >= 4 is 5.97 Å². The van der Waals surface area contributed by atoms with Crippen LogP contribution in [0.15, 0.2) is 76.3 Å². The molecule has 0 radical (unpaired) electrons. The van der Waals surface area contributed by atoms with E-state index in [1.807, 2.05) is 0 Å². The summed E-state index contributed by atoms with van der Waals surface area (Å²) in [4.78, 5) is 39.0. The second-order valence-electron chi connectivity index (χ2n) is 10.2. The maximum atomic E-state index is 15.6. The Morgan fingerprint density at radius 1 is 0.978 bits per heavy atom. The van der Waals surface area contributed by atoms with E-state index in [0.29, 0.717) is 11.6 Å². The number of aliphatic carboxylic acids is 1. The number of rotatable bonds is 12. The molecule has 3 aromatic carbocycles. The van der Waals surface area contributed by atoms with Crippen molar-refractivity contribution in [3.8, 4) is 11.4 Å². The van der Waals surface area contributed by atoms with Gasteiger partial charge in [-0.25, -0.2) is 13.6 Å². The maximum Gasteiger partial charge on any atom is 0.416 e. The van der Waals surface area contributed by atoms with Crippen molar-refractivity contribution in [2.45, 2.75) is 44.9 Å². The van der Waals surface area contributed by atoms with E-state index < -0.39 is 58.6 Å². The van der Waals surface area contributed by atoms with Crippen LogP contribution in [0.4, 0.5) is 22.0 Å². The van der Waals surface area contributed by atoms with Crippen molar-refractivity contribution in [2.75, 3.05) is 13.7 Å². The molecule has 0 unspecified atom stereocenters. The zero-order chi connectivity index (χ0) is 32.9. The Morgan fingerprint density at radius 2 is 1.67 bits per heavy atom. The molecule has 0 aliphatic rings. The summed E-state index contributed by atoms with van der Waals surface area (Å²) in [6.45, 7) is 1.09. The first-order valence-electron chi connectivity index (χ1n) is 13.9. The molecule has 13 heteroatoms. The summed E-state index contributed by atoms with van der Waals surface area (Å²) in [5.74, 6) is -3.41. The minimum absolute atomic E-state index is 0.144. The van der Waals surface area contributed by atoms with E-state index in [4.69, 9.17) is 9.84 Å². The van der Waals surface area contributed by atoms with Gasteiger partial charge >= 0.3 is 17.8 Å². The Hall–Kier alpha value is -4.78. The van der Waals surface area contributed by atoms with E-state index in [1.54, 1.807) is 30.3 Å². The van der Waals surface area contributed by atoms with Gasteiger partial charge < -0.3 is 15.2 Å². The summed E-state index contributed by atoms with van der Waals surface area (Å²) in [5, 5.41) is 12.1. The number of carboxylic acid groups (broad SMARTS) is 1. The normalized spacial score (nSPS) is 12.2. The molecule has 4 aromatic rings. The van der Waals surface area contributed by atoms with Crippen molar-refractivity contribution in [3.63, 3.8) is 0 Å². The molecule has 0 spiro atoms. The highest BCUT2D eigenvalue weighted by atomic mass is 19.4. The Balaban J connectivity index is 1.95. The molecule has 0 bridgehead atoms. The van der Waals surface area contributed by atoms with Crippen LogP contribution in [0.5, 0.6) is 5.75 Å². The average molecular weight is 632 g/mol. The molecule has 238 valence electrons. The van der Waals surface area contributed by atoms with Gasteiger partial charge in [-0.05, 0) is 49.7 Å². The molecule has 1 atom stereocenters. The number of carbonyl (C=O) groups is 1. The van der Waals surface area contributed by atoms with Crippen LogP contribution in [-0.2, 0) is 23.9 Å². The fourth-order valence-corrected chi connectivity index (χ4v) is 5.13. The number of hydrogen-bond donors (Lipinski definition) is 2. The summed E-state index contributed by atoms with van der Waals surface area (Å²) in [6, 6.07) is 14.2. The Kier molecular flexibility index (Phi) is 10.2. The smallest absolute Gasteiger partial charge is 0.416 e. The third-order valence-electron chi connectivity index (χ3n) is 7.40. The number of benzene rings is 3. The van der Waals surface area contributed by atoms with Gasteiger partial charge in [0.15, 0.2) is 11.6 Å². The molecule has 0 aliphatic carbocycles. The van der Waals surface area contributed by atoms with Gasteiger partial charge in [-0.3, -0.25) is 18.7 Å². The van der Waals surface area contributed by atoms with Crippen molar-refractivity contribution in [1.29, 1.82) is 0 Å². The van der Waals surface area contributed by atoms with E-state index in [-0.39, 0.29) is 48.6 Å². The lowest BCUT2D eigenvalue weighted by Gasteiger charge is -2.23. The van der Waals surface area contributed by atoms with Crippen LogP contribution in [0.25, 0.3) is 5.69 Å². The van der Waals surface area contributed by atoms with E-state index in [1.165, 1.54) is 32.2 Å². The van der Waals surface area contributed by atoms with Gasteiger partial charge in [0.2, 0.25) is 0 Å². The number of halogens is 5. The van der Waals surface area contributed by atoms with Crippen LogP contribution in [0.3, 0.4) is 0 Å². The molecule has 1 heterocycles. The van der Waals surface area contributed by atoms with E-state index in [0.717, 1.165) is 21.3 Å². The van der Waals surface area contributed by atoms with Gasteiger partial charge in [0.25, 0.3) is 5.56 Å². The molecule has 8 nitrogen and oxygen atoms in total. The molecular formula is C32H30F5N3O5. The summed E-state index contributed by atoms with van der Waals surface area (Å²) in [5.41, 5.74) is -4.33. The molecule has 0 amide bonds. The molecule has 0 saturated heterocycles. The monoisotopic (exact) mass is 631 g/mol. The number of aromatic nitrogens is 2. The Labute approximate surface area is 254 Å². The van der Waals surface area contributed by atoms with Crippen LogP contribution in [0.1, 0.15) is 46.8 Å². The number of nitrogens with zero attached hydrogens (tertiary/aromatic N) is 2. The second kappa shape index (κ2) is 13.9. The van der Waals surface area contributed by atoms with Crippen LogP contribution >= 0.6 is 0 Å². The van der Waals surface area contributed by atoms with Crippen LogP contribution in [0.2, 0.25) is 0 Å². The van der Waals surface area contributed by atoms with Crippen molar-refractivity contribution in [1.82, 2.24) is 14.5 Å². The third-order valence-corrected chi connectivity index (χ3v) is 7.40. The highest BCUT2D eigenvalue weighted by molar-refractivity contribution is 5.66. The Morgan fingerprint density at radius 3 is 2.31 bits per heavy atom. The number of carboxylic acids is 1. The summed E-state index contributed by atoms with van der Waals surface area (Å²) >= 11 is 0. The number of nitrogens with one attached hydrogen (secondary N) is 1. The Bertz CT molecular complexity index is 1800. The molecule has 4 rings (SSSR count). The fraction of sp³-hybridized carbons (Fsp3) is 0.281. The first kappa shape index (κ1) is 33.1. The van der Waals surface area contributed by atoms with E-state index in [9.17, 15) is 31.9 Å². The fourth-order valence-electron chi connectivity index (χ4n) is 5.13. The number of ether oxygens (including phenoxy) is 1. The van der Waals surface area contributed by atoms with Crippen LogP contribution in [0, 0.1) is 18.6 Å². The van der Waals surface area contributed by atoms with Crippen molar-refractivity contribution in [2.24, 2.45) is 0 Å².